The van der Waals surface area contributed by atoms with Crippen molar-refractivity contribution in [3.63, 3.8) is 0 Å². The number of aromatic nitrogens is 2. The molecule has 0 saturated heterocycles. The zero-order valence-corrected chi connectivity index (χ0v) is 12.4. The van der Waals surface area contributed by atoms with Gasteiger partial charge in [-0.2, -0.15) is 0 Å². The van der Waals surface area contributed by atoms with E-state index >= 15 is 0 Å². The van der Waals surface area contributed by atoms with Gasteiger partial charge in [0.15, 0.2) is 0 Å². The summed E-state index contributed by atoms with van der Waals surface area (Å²) < 4.78 is 2.46. The average Bonchev–Trinajstić information content (AvgIpc) is 2.84. The second-order valence-corrected chi connectivity index (χ2v) is 5.60. The van der Waals surface area contributed by atoms with Gasteiger partial charge in [0.05, 0.1) is 5.69 Å². The van der Waals surface area contributed by atoms with Crippen molar-refractivity contribution in [3.05, 3.63) is 41.3 Å². The molecule has 1 aromatic heterocycles. The third-order valence-electron chi connectivity index (χ3n) is 4.20. The SMILES string of the molecule is CNCCc1nc(-c2ccccc2C)c2n1CCCC2. The minimum Gasteiger partial charge on any atom is -0.331 e. The van der Waals surface area contributed by atoms with Crippen LogP contribution in [-0.2, 0) is 19.4 Å². The molecule has 0 bridgehead atoms. The summed E-state index contributed by atoms with van der Waals surface area (Å²) in [6, 6.07) is 8.60. The van der Waals surface area contributed by atoms with Crippen LogP contribution in [0.3, 0.4) is 0 Å². The number of hydrogen-bond acceptors (Lipinski definition) is 2. The number of likely N-dealkylation sites (N-methyl/N-ethyl adjacent to an activating group) is 1. The summed E-state index contributed by atoms with van der Waals surface area (Å²) in [6.07, 6.45) is 4.74. The molecule has 106 valence electrons. The summed E-state index contributed by atoms with van der Waals surface area (Å²) in [4.78, 5) is 4.98. The van der Waals surface area contributed by atoms with Crippen LogP contribution < -0.4 is 5.32 Å². The smallest absolute Gasteiger partial charge is 0.110 e. The molecule has 0 unspecified atom stereocenters. The number of benzene rings is 1. The van der Waals surface area contributed by atoms with E-state index in [0.29, 0.717) is 0 Å². The quantitative estimate of drug-likeness (QED) is 0.925. The third-order valence-corrected chi connectivity index (χ3v) is 4.20. The van der Waals surface area contributed by atoms with E-state index in [9.17, 15) is 0 Å². The second kappa shape index (κ2) is 5.80. The van der Waals surface area contributed by atoms with Gasteiger partial charge in [-0.15, -0.1) is 0 Å². The minimum absolute atomic E-state index is 0.990. The van der Waals surface area contributed by atoms with E-state index in [1.54, 1.807) is 0 Å². The van der Waals surface area contributed by atoms with Gasteiger partial charge in [-0.1, -0.05) is 24.3 Å². The van der Waals surface area contributed by atoms with Gasteiger partial charge in [0, 0.05) is 30.8 Å². The Morgan fingerprint density at radius 2 is 2.10 bits per heavy atom. The Balaban J connectivity index is 2.07. The molecule has 0 atom stereocenters. The molecule has 1 N–H and O–H groups in total. The molecular weight excluding hydrogens is 246 g/mol. The van der Waals surface area contributed by atoms with Crippen molar-refractivity contribution < 1.29 is 0 Å². The number of nitrogens with zero attached hydrogens (tertiary/aromatic N) is 2. The van der Waals surface area contributed by atoms with E-state index < -0.39 is 0 Å². The predicted molar refractivity (Wildman–Crippen MR) is 83.0 cm³/mol. The Morgan fingerprint density at radius 1 is 1.25 bits per heavy atom. The molecule has 1 aliphatic rings. The zero-order chi connectivity index (χ0) is 13.9. The Hall–Kier alpha value is -1.61. The van der Waals surface area contributed by atoms with E-state index in [1.165, 1.54) is 41.2 Å². The first-order valence-corrected chi connectivity index (χ1v) is 7.60. The fourth-order valence-electron chi connectivity index (χ4n) is 3.10. The van der Waals surface area contributed by atoms with Crippen molar-refractivity contribution in [1.29, 1.82) is 0 Å². The maximum Gasteiger partial charge on any atom is 0.110 e. The summed E-state index contributed by atoms with van der Waals surface area (Å²) >= 11 is 0. The van der Waals surface area contributed by atoms with Crippen molar-refractivity contribution in [2.24, 2.45) is 0 Å². The summed E-state index contributed by atoms with van der Waals surface area (Å²) in [5, 5.41) is 3.23. The fourth-order valence-corrected chi connectivity index (χ4v) is 3.10. The maximum absolute atomic E-state index is 4.98. The molecule has 1 aliphatic heterocycles. The van der Waals surface area contributed by atoms with Crippen LogP contribution >= 0.6 is 0 Å². The lowest BCUT2D eigenvalue weighted by Gasteiger charge is -2.17. The summed E-state index contributed by atoms with van der Waals surface area (Å²) in [5.41, 5.74) is 5.28. The molecule has 3 rings (SSSR count). The Bertz CT molecular complexity index is 598. The molecular formula is C17H23N3. The topological polar surface area (TPSA) is 29.9 Å². The highest BCUT2D eigenvalue weighted by atomic mass is 15.1. The Kier molecular flexibility index (Phi) is 3.88. The van der Waals surface area contributed by atoms with E-state index in [0.717, 1.165) is 25.9 Å². The van der Waals surface area contributed by atoms with Gasteiger partial charge >= 0.3 is 0 Å². The van der Waals surface area contributed by atoms with Crippen LogP contribution in [0.2, 0.25) is 0 Å². The summed E-state index contributed by atoms with van der Waals surface area (Å²) in [7, 11) is 2.00. The van der Waals surface area contributed by atoms with E-state index in [-0.39, 0.29) is 0 Å². The highest BCUT2D eigenvalue weighted by Gasteiger charge is 2.21. The second-order valence-electron chi connectivity index (χ2n) is 5.60. The molecule has 0 radical (unpaired) electrons. The van der Waals surface area contributed by atoms with Crippen LogP contribution in [0.1, 0.15) is 29.9 Å². The number of hydrogen-bond donors (Lipinski definition) is 1. The standard InChI is InChI=1S/C17H23N3/c1-13-7-3-4-8-14(13)17-15-9-5-6-12-20(15)16(19-17)10-11-18-2/h3-4,7-8,18H,5-6,9-12H2,1-2H3. The minimum atomic E-state index is 0.990. The molecule has 20 heavy (non-hydrogen) atoms. The first kappa shape index (κ1) is 13.4. The molecule has 0 saturated carbocycles. The summed E-state index contributed by atoms with van der Waals surface area (Å²) in [5.74, 6) is 1.24. The molecule has 2 heterocycles. The van der Waals surface area contributed by atoms with Crippen LogP contribution in [0.5, 0.6) is 0 Å². The summed E-state index contributed by atoms with van der Waals surface area (Å²) in [6.45, 7) is 4.30. The van der Waals surface area contributed by atoms with Crippen LogP contribution in [0, 0.1) is 6.92 Å². The number of aryl methyl sites for hydroxylation is 1. The van der Waals surface area contributed by atoms with Gasteiger partial charge in [0.1, 0.15) is 5.82 Å². The average molecular weight is 269 g/mol. The Labute approximate surface area is 121 Å². The molecule has 1 aromatic carbocycles. The zero-order valence-electron chi connectivity index (χ0n) is 12.4. The monoisotopic (exact) mass is 269 g/mol. The van der Waals surface area contributed by atoms with Crippen molar-refractivity contribution in [2.75, 3.05) is 13.6 Å². The van der Waals surface area contributed by atoms with Crippen LogP contribution in [0.4, 0.5) is 0 Å². The normalized spacial score (nSPS) is 14.3. The lowest BCUT2D eigenvalue weighted by atomic mass is 10.0. The first-order chi connectivity index (χ1) is 9.81. The van der Waals surface area contributed by atoms with Gasteiger partial charge in [-0.25, -0.2) is 4.98 Å². The number of nitrogens with one attached hydrogen (secondary N) is 1. The lowest BCUT2D eigenvalue weighted by Crippen LogP contribution is -2.17. The van der Waals surface area contributed by atoms with Crippen molar-refractivity contribution in [1.82, 2.24) is 14.9 Å². The van der Waals surface area contributed by atoms with Crippen molar-refractivity contribution >= 4 is 0 Å². The van der Waals surface area contributed by atoms with Crippen molar-refractivity contribution in [3.8, 4) is 11.3 Å². The molecule has 0 aliphatic carbocycles. The Morgan fingerprint density at radius 3 is 2.90 bits per heavy atom. The highest BCUT2D eigenvalue weighted by Crippen LogP contribution is 2.30. The van der Waals surface area contributed by atoms with Gasteiger partial charge < -0.3 is 9.88 Å². The van der Waals surface area contributed by atoms with Crippen LogP contribution in [0.25, 0.3) is 11.3 Å². The predicted octanol–water partition coefficient (Wildman–Crippen LogP) is 2.96. The number of imidazole rings is 1. The molecule has 2 aromatic rings. The molecule has 0 fully saturated rings. The van der Waals surface area contributed by atoms with Gasteiger partial charge in [0.25, 0.3) is 0 Å². The lowest BCUT2D eigenvalue weighted by molar-refractivity contribution is 0.512. The van der Waals surface area contributed by atoms with Gasteiger partial charge in [0.2, 0.25) is 0 Å². The van der Waals surface area contributed by atoms with E-state index in [1.807, 2.05) is 7.05 Å². The molecule has 0 spiro atoms. The van der Waals surface area contributed by atoms with Crippen molar-refractivity contribution in [2.45, 2.75) is 39.2 Å². The van der Waals surface area contributed by atoms with Gasteiger partial charge in [-0.05, 0) is 38.8 Å². The molecule has 0 amide bonds. The van der Waals surface area contributed by atoms with Crippen LogP contribution in [0.15, 0.2) is 24.3 Å². The van der Waals surface area contributed by atoms with E-state index in [2.05, 4.69) is 41.1 Å². The largest absolute Gasteiger partial charge is 0.331 e. The van der Waals surface area contributed by atoms with E-state index in [4.69, 9.17) is 4.98 Å². The van der Waals surface area contributed by atoms with Gasteiger partial charge in [-0.3, -0.25) is 0 Å². The maximum atomic E-state index is 4.98. The van der Waals surface area contributed by atoms with Crippen LogP contribution in [-0.4, -0.2) is 23.1 Å². The fraction of sp³-hybridized carbons (Fsp3) is 0.471. The third kappa shape index (κ3) is 2.38. The molecule has 3 nitrogen and oxygen atoms in total. The first-order valence-electron chi connectivity index (χ1n) is 7.60. The highest BCUT2D eigenvalue weighted by molar-refractivity contribution is 5.66. The number of fused-ring (bicyclic) bond motifs is 1. The molecule has 3 heteroatoms. The number of rotatable bonds is 4.